The van der Waals surface area contributed by atoms with Crippen LogP contribution >= 0.6 is 0 Å². The second kappa shape index (κ2) is 2.24. The Kier molecular flexibility index (Phi) is 1.81. The van der Waals surface area contributed by atoms with Crippen molar-refractivity contribution in [3.63, 3.8) is 0 Å². The van der Waals surface area contributed by atoms with Crippen LogP contribution in [-0.2, 0) is 9.31 Å². The monoisotopic (exact) mass is 142 g/mol. The van der Waals surface area contributed by atoms with E-state index in [1.807, 2.05) is 0 Å². The summed E-state index contributed by atoms with van der Waals surface area (Å²) in [5.74, 6) is 0. The van der Waals surface area contributed by atoms with E-state index in [1.165, 1.54) is 0 Å². The molecule has 0 aromatic heterocycles. The average molecular weight is 142 g/mol. The second-order valence-electron chi connectivity index (χ2n) is 4.00. The molecule has 2 nitrogen and oxygen atoms in total. The fourth-order valence-electron chi connectivity index (χ4n) is 0.855. The molecule has 0 aliphatic carbocycles. The molecule has 0 unspecified atom stereocenters. The van der Waals surface area contributed by atoms with E-state index in [0.29, 0.717) is 7.69 Å². The van der Waals surface area contributed by atoms with Gasteiger partial charge in [0, 0.05) is 12.0 Å². The molecule has 0 aromatic carbocycles. The number of hydrogen-bond donors (Lipinski definition) is 0. The van der Waals surface area contributed by atoms with Gasteiger partial charge in [0.25, 0.3) is 0 Å². The molecule has 0 bridgehead atoms. The molecule has 1 aliphatic rings. The van der Waals surface area contributed by atoms with E-state index in [9.17, 15) is 0 Å². The zero-order valence-corrected chi connectivity index (χ0v) is 7.23. The van der Waals surface area contributed by atoms with Gasteiger partial charge in [-0.05, 0) is 13.8 Å². The minimum absolute atomic E-state index is 0.0503. The molecule has 0 spiro atoms. The average Bonchev–Trinajstić information content (AvgIpc) is 1.77. The van der Waals surface area contributed by atoms with Crippen molar-refractivity contribution in [2.24, 2.45) is 5.41 Å². The molecular formula is C7H15BO2. The van der Waals surface area contributed by atoms with Gasteiger partial charge in [0.1, 0.15) is 0 Å². The van der Waals surface area contributed by atoms with Gasteiger partial charge in [-0.25, -0.2) is 0 Å². The molecule has 1 saturated heterocycles. The Balaban J connectivity index is 2.70. The summed E-state index contributed by atoms with van der Waals surface area (Å²) in [5, 5.41) is 0. The Bertz CT molecular complexity index is 116. The predicted octanol–water partition coefficient (Wildman–Crippen LogP) is 1.10. The van der Waals surface area contributed by atoms with Crippen molar-refractivity contribution in [1.29, 1.82) is 0 Å². The molecule has 0 saturated carbocycles. The van der Waals surface area contributed by atoms with Gasteiger partial charge < -0.3 is 9.31 Å². The quantitative estimate of drug-likeness (QED) is 0.471. The highest BCUT2D eigenvalue weighted by molar-refractivity contribution is 6.18. The fraction of sp³-hybridized carbons (Fsp3) is 1.00. The van der Waals surface area contributed by atoms with Crippen LogP contribution in [0.1, 0.15) is 27.7 Å². The third-order valence-corrected chi connectivity index (χ3v) is 2.60. The van der Waals surface area contributed by atoms with Crippen molar-refractivity contribution < 1.29 is 9.31 Å². The lowest BCUT2D eigenvalue weighted by molar-refractivity contribution is -0.0873. The zero-order valence-electron chi connectivity index (χ0n) is 7.23. The minimum Gasteiger partial charge on any atom is -0.413 e. The summed E-state index contributed by atoms with van der Waals surface area (Å²) >= 11 is 0. The highest BCUT2D eigenvalue weighted by Crippen LogP contribution is 2.35. The first-order chi connectivity index (χ1) is 4.46. The van der Waals surface area contributed by atoms with Gasteiger partial charge in [-0.2, -0.15) is 0 Å². The number of rotatable bonds is 0. The third-order valence-electron chi connectivity index (χ3n) is 2.60. The molecule has 0 N–H and O–H groups in total. The fourth-order valence-corrected chi connectivity index (χ4v) is 0.855. The predicted molar refractivity (Wildman–Crippen MR) is 42.0 cm³/mol. The van der Waals surface area contributed by atoms with Crippen LogP contribution in [0.5, 0.6) is 0 Å². The van der Waals surface area contributed by atoms with E-state index in [0.717, 1.165) is 6.61 Å². The Labute approximate surface area is 63.2 Å². The van der Waals surface area contributed by atoms with Gasteiger partial charge in [0.15, 0.2) is 0 Å². The van der Waals surface area contributed by atoms with E-state index in [2.05, 4.69) is 27.7 Å². The van der Waals surface area contributed by atoms with Gasteiger partial charge in [0.2, 0.25) is 0 Å². The molecule has 58 valence electrons. The van der Waals surface area contributed by atoms with Crippen molar-refractivity contribution in [2.75, 3.05) is 6.61 Å². The normalized spacial score (nSPS) is 29.2. The van der Waals surface area contributed by atoms with E-state index >= 15 is 0 Å². The smallest absolute Gasteiger partial charge is 0.413 e. The molecular weight excluding hydrogens is 127 g/mol. The summed E-state index contributed by atoms with van der Waals surface area (Å²) < 4.78 is 10.7. The first-order valence-electron chi connectivity index (χ1n) is 3.67. The Hall–Kier alpha value is -0.0151. The van der Waals surface area contributed by atoms with E-state index in [4.69, 9.17) is 9.31 Å². The lowest BCUT2D eigenvalue weighted by atomic mass is 9.76. The van der Waals surface area contributed by atoms with E-state index in [-0.39, 0.29) is 11.0 Å². The molecule has 0 aromatic rings. The van der Waals surface area contributed by atoms with Crippen molar-refractivity contribution >= 4 is 7.69 Å². The summed E-state index contributed by atoms with van der Waals surface area (Å²) in [6.07, 6.45) is 0. The minimum atomic E-state index is -0.0503. The van der Waals surface area contributed by atoms with E-state index < -0.39 is 0 Å². The molecule has 1 fully saturated rings. The summed E-state index contributed by atoms with van der Waals surface area (Å²) in [7, 11) is 0.441. The van der Waals surface area contributed by atoms with Crippen molar-refractivity contribution in [3.05, 3.63) is 0 Å². The van der Waals surface area contributed by atoms with Gasteiger partial charge in [0.05, 0.1) is 5.60 Å². The molecule has 0 amide bonds. The van der Waals surface area contributed by atoms with Crippen LogP contribution < -0.4 is 0 Å². The summed E-state index contributed by atoms with van der Waals surface area (Å²) in [6, 6.07) is 0. The molecule has 1 rings (SSSR count). The summed E-state index contributed by atoms with van der Waals surface area (Å²) in [6.45, 7) is 9.32. The molecule has 1 aliphatic heterocycles. The SMILES string of the molecule is CC1(C)COBOC1(C)C. The van der Waals surface area contributed by atoms with Crippen LogP contribution in [0.3, 0.4) is 0 Å². The lowest BCUT2D eigenvalue weighted by Crippen LogP contribution is -2.50. The van der Waals surface area contributed by atoms with Crippen LogP contribution in [0.4, 0.5) is 0 Å². The van der Waals surface area contributed by atoms with Crippen LogP contribution in [0.25, 0.3) is 0 Å². The summed E-state index contributed by atoms with van der Waals surface area (Å²) in [4.78, 5) is 0. The first-order valence-corrected chi connectivity index (χ1v) is 3.67. The Morgan fingerprint density at radius 1 is 1.20 bits per heavy atom. The van der Waals surface area contributed by atoms with Gasteiger partial charge >= 0.3 is 7.69 Å². The van der Waals surface area contributed by atoms with Gasteiger partial charge in [-0.3, -0.25) is 0 Å². The highest BCUT2D eigenvalue weighted by atomic mass is 16.6. The van der Waals surface area contributed by atoms with Crippen LogP contribution in [0.2, 0.25) is 0 Å². The van der Waals surface area contributed by atoms with Crippen LogP contribution in [0, 0.1) is 5.41 Å². The lowest BCUT2D eigenvalue weighted by Gasteiger charge is -2.45. The van der Waals surface area contributed by atoms with Gasteiger partial charge in [-0.1, -0.05) is 13.8 Å². The molecule has 10 heavy (non-hydrogen) atoms. The molecule has 0 radical (unpaired) electrons. The molecule has 3 heteroatoms. The third kappa shape index (κ3) is 1.20. The largest absolute Gasteiger partial charge is 0.438 e. The maximum atomic E-state index is 5.46. The number of hydrogen-bond acceptors (Lipinski definition) is 2. The van der Waals surface area contributed by atoms with Crippen LogP contribution in [-0.4, -0.2) is 19.9 Å². The molecule has 0 atom stereocenters. The van der Waals surface area contributed by atoms with Crippen LogP contribution in [0.15, 0.2) is 0 Å². The zero-order chi connectivity index (χ0) is 7.83. The molecule has 1 heterocycles. The standard InChI is InChI=1S/C7H15BO2/c1-6(2)5-9-8-10-7(6,3)4/h8H,5H2,1-4H3. The maximum Gasteiger partial charge on any atom is 0.438 e. The Morgan fingerprint density at radius 3 is 2.10 bits per heavy atom. The van der Waals surface area contributed by atoms with Crippen molar-refractivity contribution in [2.45, 2.75) is 33.3 Å². The van der Waals surface area contributed by atoms with Gasteiger partial charge in [-0.15, -0.1) is 0 Å². The topological polar surface area (TPSA) is 18.5 Å². The highest BCUT2D eigenvalue weighted by Gasteiger charge is 2.40. The maximum absolute atomic E-state index is 5.46. The van der Waals surface area contributed by atoms with Crippen molar-refractivity contribution in [1.82, 2.24) is 0 Å². The summed E-state index contributed by atoms with van der Waals surface area (Å²) in [5.41, 5.74) is 0.0799. The first kappa shape index (κ1) is 8.09. The second-order valence-corrected chi connectivity index (χ2v) is 4.00. The Morgan fingerprint density at radius 2 is 1.80 bits per heavy atom. The van der Waals surface area contributed by atoms with E-state index in [1.54, 1.807) is 0 Å². The van der Waals surface area contributed by atoms with Crippen molar-refractivity contribution in [3.8, 4) is 0 Å².